The summed E-state index contributed by atoms with van der Waals surface area (Å²) in [5.41, 5.74) is 0. The molecule has 0 heterocycles. The third-order valence-electron chi connectivity index (χ3n) is 3.74. The van der Waals surface area contributed by atoms with Gasteiger partial charge in [-0.15, -0.1) is 0 Å². The fourth-order valence-corrected chi connectivity index (χ4v) is 2.48. The molecule has 0 N–H and O–H groups in total. The maximum atomic E-state index is 3.34. The van der Waals surface area contributed by atoms with Crippen molar-refractivity contribution in [3.8, 4) is 0 Å². The zero-order chi connectivity index (χ0) is 14.1. The van der Waals surface area contributed by atoms with Crippen LogP contribution in [0.4, 0.5) is 0 Å². The topological polar surface area (TPSA) is 0 Å². The average molecular weight is 271 g/mol. The molecule has 0 aromatic rings. The van der Waals surface area contributed by atoms with Crippen molar-refractivity contribution in [2.75, 3.05) is 0 Å². The van der Waals surface area contributed by atoms with Crippen LogP contribution in [0.2, 0.25) is 0 Å². The van der Waals surface area contributed by atoms with Crippen LogP contribution in [0.25, 0.3) is 0 Å². The molecule has 1 radical (unpaired) electrons. The number of hydrogen-bond donors (Lipinski definition) is 0. The Balaban J connectivity index is 2.24. The highest BCUT2D eigenvalue weighted by Crippen LogP contribution is 2.12. The summed E-state index contributed by atoms with van der Waals surface area (Å²) in [7, 11) is 0. The molecule has 0 atom stereocenters. The van der Waals surface area contributed by atoms with E-state index in [9.17, 15) is 0 Å². The van der Waals surface area contributed by atoms with Gasteiger partial charge in [0.2, 0.25) is 0 Å². The molecule has 0 saturated heterocycles. The van der Waals surface area contributed by atoms with Crippen molar-refractivity contribution in [3.63, 3.8) is 0 Å². The quantitative estimate of drug-likeness (QED) is 0.459. The fourth-order valence-electron chi connectivity index (χ4n) is 2.48. The molecular weight excluding hydrogens is 240 g/mol. The minimum atomic E-state index is 1.11. The first-order valence-electron chi connectivity index (χ1n) is 8.55. The fraction of sp³-hybridized carbons (Fsp3) is 0.600. The van der Waals surface area contributed by atoms with E-state index in [1.54, 1.807) is 0 Å². The van der Waals surface area contributed by atoms with Crippen LogP contribution >= 0.6 is 0 Å². The lowest BCUT2D eigenvalue weighted by molar-refractivity contribution is 0.553. The largest absolute Gasteiger partial charge is 0.0845 e. The molecule has 1 aliphatic carbocycles. The van der Waals surface area contributed by atoms with Crippen LogP contribution in [-0.4, -0.2) is 0 Å². The Morgan fingerprint density at radius 3 is 1.80 bits per heavy atom. The smallest absolute Gasteiger partial charge is 0.0276 e. The Morgan fingerprint density at radius 1 is 0.500 bits per heavy atom. The van der Waals surface area contributed by atoms with Crippen LogP contribution in [-0.2, 0) is 0 Å². The minimum absolute atomic E-state index is 1.11. The van der Waals surface area contributed by atoms with Crippen molar-refractivity contribution >= 4 is 0 Å². The van der Waals surface area contributed by atoms with E-state index in [0.29, 0.717) is 0 Å². The van der Waals surface area contributed by atoms with E-state index >= 15 is 0 Å². The summed E-state index contributed by atoms with van der Waals surface area (Å²) in [6.45, 7) is 0. The second-order valence-corrected chi connectivity index (χ2v) is 5.64. The molecule has 0 saturated carbocycles. The summed E-state index contributed by atoms with van der Waals surface area (Å²) >= 11 is 0. The first-order valence-corrected chi connectivity index (χ1v) is 8.55. The van der Waals surface area contributed by atoms with Gasteiger partial charge >= 0.3 is 0 Å². The van der Waals surface area contributed by atoms with Crippen LogP contribution in [0.3, 0.4) is 0 Å². The van der Waals surface area contributed by atoms with Gasteiger partial charge in [0, 0.05) is 0 Å². The molecule has 0 bridgehead atoms. The van der Waals surface area contributed by atoms with Crippen molar-refractivity contribution in [1.82, 2.24) is 0 Å². The Morgan fingerprint density at radius 2 is 1.05 bits per heavy atom. The van der Waals surface area contributed by atoms with Gasteiger partial charge in [-0.1, -0.05) is 93.9 Å². The first-order chi connectivity index (χ1) is 10.0. The maximum absolute atomic E-state index is 3.34. The molecule has 1 rings (SSSR count). The summed E-state index contributed by atoms with van der Waals surface area (Å²) in [5.74, 6) is 0. The van der Waals surface area contributed by atoms with Crippen molar-refractivity contribution < 1.29 is 0 Å². The summed E-state index contributed by atoms with van der Waals surface area (Å²) in [6.07, 6.45) is 34.5. The Labute approximate surface area is 126 Å². The highest BCUT2D eigenvalue weighted by molar-refractivity contribution is 5.14. The van der Waals surface area contributed by atoms with Gasteiger partial charge in [0.25, 0.3) is 0 Å². The Kier molecular flexibility index (Phi) is 12.2. The van der Waals surface area contributed by atoms with Crippen LogP contribution in [0.15, 0.2) is 42.5 Å². The van der Waals surface area contributed by atoms with Crippen LogP contribution in [0, 0.1) is 6.08 Å². The normalized spacial score (nSPS) is 27.2. The zero-order valence-corrected chi connectivity index (χ0v) is 13.0. The molecule has 0 aromatic carbocycles. The Hall–Kier alpha value is -1.04. The lowest BCUT2D eigenvalue weighted by Crippen LogP contribution is -1.82. The first kappa shape index (κ1) is 17.0. The average Bonchev–Trinajstić information content (AvgIpc) is 2.46. The van der Waals surface area contributed by atoms with Gasteiger partial charge in [-0.3, -0.25) is 0 Å². The molecule has 0 aliphatic heterocycles. The lowest BCUT2D eigenvalue weighted by atomic mass is 10.0. The lowest BCUT2D eigenvalue weighted by Gasteiger charge is -2.01. The van der Waals surface area contributed by atoms with E-state index in [0.717, 1.165) is 6.42 Å². The van der Waals surface area contributed by atoms with Crippen molar-refractivity contribution in [1.29, 1.82) is 0 Å². The van der Waals surface area contributed by atoms with E-state index in [1.807, 2.05) is 6.08 Å². The molecule has 0 spiro atoms. The highest BCUT2D eigenvalue weighted by atomic mass is 14.0. The predicted octanol–water partition coefficient (Wildman–Crippen LogP) is 6.71. The van der Waals surface area contributed by atoms with E-state index < -0.39 is 0 Å². The number of allylic oxidation sites excluding steroid dienone is 8. The summed E-state index contributed by atoms with van der Waals surface area (Å²) in [4.78, 5) is 0. The number of hydrogen-bond acceptors (Lipinski definition) is 0. The minimum Gasteiger partial charge on any atom is -0.0845 e. The molecule has 111 valence electrons. The summed E-state index contributed by atoms with van der Waals surface area (Å²) < 4.78 is 0. The molecular formula is C20H31. The predicted molar refractivity (Wildman–Crippen MR) is 90.6 cm³/mol. The molecule has 0 amide bonds. The van der Waals surface area contributed by atoms with Gasteiger partial charge in [0.1, 0.15) is 0 Å². The Bertz CT molecular complexity index is 272. The van der Waals surface area contributed by atoms with E-state index in [-0.39, 0.29) is 0 Å². The summed E-state index contributed by atoms with van der Waals surface area (Å²) in [5, 5.41) is 0. The van der Waals surface area contributed by atoms with Gasteiger partial charge in [-0.25, -0.2) is 0 Å². The van der Waals surface area contributed by atoms with Gasteiger partial charge < -0.3 is 0 Å². The van der Waals surface area contributed by atoms with Gasteiger partial charge in [0.15, 0.2) is 0 Å². The molecule has 0 fully saturated rings. The SMILES string of the molecule is [C]1=C/C=C\C=C\C=C\CCCCCCCCCCCC/1. The second-order valence-electron chi connectivity index (χ2n) is 5.64. The van der Waals surface area contributed by atoms with Crippen molar-refractivity contribution in [3.05, 3.63) is 48.6 Å². The molecule has 1 aliphatic rings. The van der Waals surface area contributed by atoms with Crippen molar-refractivity contribution in [2.45, 2.75) is 77.0 Å². The van der Waals surface area contributed by atoms with Crippen LogP contribution < -0.4 is 0 Å². The summed E-state index contributed by atoms with van der Waals surface area (Å²) in [6, 6.07) is 0. The molecule has 0 nitrogen and oxygen atoms in total. The maximum Gasteiger partial charge on any atom is -0.0276 e. The highest BCUT2D eigenvalue weighted by Gasteiger charge is 1.92. The third-order valence-corrected chi connectivity index (χ3v) is 3.74. The molecule has 0 unspecified atom stereocenters. The van der Waals surface area contributed by atoms with E-state index in [1.165, 1.54) is 70.6 Å². The molecule has 20 heavy (non-hydrogen) atoms. The van der Waals surface area contributed by atoms with Crippen LogP contribution in [0.5, 0.6) is 0 Å². The second kappa shape index (κ2) is 14.4. The molecule has 0 heteroatoms. The van der Waals surface area contributed by atoms with Gasteiger partial charge in [-0.05, 0) is 31.8 Å². The standard InChI is InChI=1S/C20H31/c1-2-4-6-8-10-12-14-16-18-20-19-17-15-13-11-9-7-5-3-1/h1-7H,8,10-20H2/b2-1+,5-3-,6-4+,9-7?. The zero-order valence-electron chi connectivity index (χ0n) is 13.0. The number of rotatable bonds is 0. The van der Waals surface area contributed by atoms with E-state index in [2.05, 4.69) is 42.5 Å². The van der Waals surface area contributed by atoms with Gasteiger partial charge in [-0.2, -0.15) is 0 Å². The third kappa shape index (κ3) is 12.0. The molecule has 0 aromatic heterocycles. The monoisotopic (exact) mass is 271 g/mol. The van der Waals surface area contributed by atoms with E-state index in [4.69, 9.17) is 0 Å². The van der Waals surface area contributed by atoms with Crippen molar-refractivity contribution in [2.24, 2.45) is 0 Å². The van der Waals surface area contributed by atoms with Crippen LogP contribution in [0.1, 0.15) is 77.0 Å². The van der Waals surface area contributed by atoms with Gasteiger partial charge in [0.05, 0.1) is 0 Å².